The first-order valence-corrected chi connectivity index (χ1v) is 9.14. The highest BCUT2D eigenvalue weighted by molar-refractivity contribution is 8.00. The highest BCUT2D eigenvalue weighted by Crippen LogP contribution is 2.40. The lowest BCUT2D eigenvalue weighted by Crippen LogP contribution is -2.23. The summed E-state index contributed by atoms with van der Waals surface area (Å²) in [6.45, 7) is 6.08. The van der Waals surface area contributed by atoms with Gasteiger partial charge in [0.05, 0.1) is 10.2 Å². The van der Waals surface area contributed by atoms with Crippen molar-refractivity contribution in [3.05, 3.63) is 52.9 Å². The van der Waals surface area contributed by atoms with E-state index in [0.717, 1.165) is 18.7 Å². The highest BCUT2D eigenvalue weighted by atomic mass is 32.2. The minimum Gasteiger partial charge on any atom is -0.319 e. The van der Waals surface area contributed by atoms with Crippen LogP contribution in [0.2, 0.25) is 0 Å². The van der Waals surface area contributed by atoms with Gasteiger partial charge in [-0.15, -0.1) is 16.8 Å². The van der Waals surface area contributed by atoms with Crippen LogP contribution in [0.5, 0.6) is 0 Å². The number of carbonyl (C=O) groups excluding carboxylic acids is 1. The second-order valence-electron chi connectivity index (χ2n) is 6.04. The van der Waals surface area contributed by atoms with Crippen molar-refractivity contribution in [1.82, 2.24) is 14.8 Å². The van der Waals surface area contributed by atoms with E-state index in [-0.39, 0.29) is 17.3 Å². The number of benzene rings is 1. The van der Waals surface area contributed by atoms with Gasteiger partial charge in [-0.1, -0.05) is 30.0 Å². The third kappa shape index (κ3) is 3.93. The van der Waals surface area contributed by atoms with Crippen LogP contribution in [0.4, 0.5) is 11.4 Å². The molecule has 1 fully saturated rings. The summed E-state index contributed by atoms with van der Waals surface area (Å²) in [5.41, 5.74) is 0.0464. The van der Waals surface area contributed by atoms with Gasteiger partial charge in [0.2, 0.25) is 5.91 Å². The number of para-hydroxylation sites is 2. The third-order valence-corrected chi connectivity index (χ3v) is 5.09. The maximum absolute atomic E-state index is 12.5. The lowest BCUT2D eigenvalue weighted by Gasteiger charge is -2.13. The molecule has 1 aliphatic carbocycles. The molecule has 0 saturated heterocycles. The molecule has 26 heavy (non-hydrogen) atoms. The Bertz CT molecular complexity index is 847. The average molecular weight is 373 g/mol. The fourth-order valence-corrected chi connectivity index (χ4v) is 3.38. The molecule has 1 N–H and O–H groups in total. The van der Waals surface area contributed by atoms with Gasteiger partial charge < -0.3 is 9.88 Å². The van der Waals surface area contributed by atoms with Crippen molar-refractivity contribution >= 4 is 29.0 Å². The van der Waals surface area contributed by atoms with Crippen molar-refractivity contribution in [3.63, 3.8) is 0 Å². The molecule has 1 aliphatic rings. The Balaban J connectivity index is 1.72. The van der Waals surface area contributed by atoms with E-state index in [1.54, 1.807) is 25.1 Å². The van der Waals surface area contributed by atoms with Crippen molar-refractivity contribution in [2.75, 3.05) is 5.32 Å². The summed E-state index contributed by atoms with van der Waals surface area (Å²) < 4.78 is 1.98. The van der Waals surface area contributed by atoms with E-state index in [1.807, 2.05) is 4.57 Å². The summed E-state index contributed by atoms with van der Waals surface area (Å²) in [4.78, 5) is 23.0. The molecule has 1 saturated carbocycles. The number of nitro benzene ring substituents is 1. The maximum Gasteiger partial charge on any atom is 0.292 e. The Morgan fingerprint density at radius 3 is 2.88 bits per heavy atom. The third-order valence-electron chi connectivity index (χ3n) is 4.01. The van der Waals surface area contributed by atoms with E-state index in [0.29, 0.717) is 17.6 Å². The maximum atomic E-state index is 12.5. The lowest BCUT2D eigenvalue weighted by atomic mass is 10.2. The van der Waals surface area contributed by atoms with E-state index in [9.17, 15) is 14.9 Å². The number of hydrogen-bond donors (Lipinski definition) is 1. The number of nitrogens with one attached hydrogen (secondary N) is 1. The first-order valence-electron chi connectivity index (χ1n) is 8.26. The van der Waals surface area contributed by atoms with Crippen molar-refractivity contribution < 1.29 is 9.72 Å². The number of amides is 1. The Kier molecular flexibility index (Phi) is 5.36. The summed E-state index contributed by atoms with van der Waals surface area (Å²) in [5.74, 6) is 1.04. The molecular formula is C17H19N5O3S. The number of carbonyl (C=O) groups is 1. The highest BCUT2D eigenvalue weighted by Gasteiger charge is 2.31. The fourth-order valence-electron chi connectivity index (χ4n) is 2.52. The summed E-state index contributed by atoms with van der Waals surface area (Å²) in [5, 5.41) is 22.3. The predicted octanol–water partition coefficient (Wildman–Crippen LogP) is 3.37. The second-order valence-corrected chi connectivity index (χ2v) is 7.35. The molecule has 1 amide bonds. The molecule has 0 spiro atoms. The van der Waals surface area contributed by atoms with Gasteiger partial charge in [0.1, 0.15) is 11.5 Å². The molecular weight excluding hydrogens is 354 g/mol. The van der Waals surface area contributed by atoms with Crippen molar-refractivity contribution in [1.29, 1.82) is 0 Å². The number of anilines is 1. The summed E-state index contributed by atoms with van der Waals surface area (Å²) >= 11 is 1.28. The Hall–Kier alpha value is -2.68. The smallest absolute Gasteiger partial charge is 0.292 e. The molecule has 1 aromatic carbocycles. The number of nitro groups is 1. The normalized spacial score (nSPS) is 14.7. The van der Waals surface area contributed by atoms with Crippen LogP contribution in [-0.2, 0) is 11.3 Å². The molecule has 8 nitrogen and oxygen atoms in total. The zero-order chi connectivity index (χ0) is 18.7. The minimum absolute atomic E-state index is 0.135. The summed E-state index contributed by atoms with van der Waals surface area (Å²) in [6.07, 6.45) is 3.98. The molecule has 0 unspecified atom stereocenters. The van der Waals surface area contributed by atoms with Gasteiger partial charge in [0, 0.05) is 18.5 Å². The molecule has 1 atom stereocenters. The largest absolute Gasteiger partial charge is 0.319 e. The summed E-state index contributed by atoms with van der Waals surface area (Å²) in [6, 6.07) is 6.07. The first-order chi connectivity index (χ1) is 12.5. The molecule has 2 aromatic rings. The van der Waals surface area contributed by atoms with Crippen molar-refractivity contribution in [3.8, 4) is 0 Å². The number of thioether (sulfide) groups is 1. The lowest BCUT2D eigenvalue weighted by molar-refractivity contribution is -0.383. The van der Waals surface area contributed by atoms with Gasteiger partial charge in [0.25, 0.3) is 5.69 Å². The van der Waals surface area contributed by atoms with Crippen LogP contribution in [0, 0.1) is 10.1 Å². The van der Waals surface area contributed by atoms with Gasteiger partial charge >= 0.3 is 0 Å². The molecule has 0 radical (unpaired) electrons. The van der Waals surface area contributed by atoms with Gasteiger partial charge in [-0.3, -0.25) is 14.9 Å². The van der Waals surface area contributed by atoms with E-state index in [1.165, 1.54) is 23.9 Å². The molecule has 3 rings (SSSR count). The zero-order valence-corrected chi connectivity index (χ0v) is 15.1. The van der Waals surface area contributed by atoms with Crippen LogP contribution in [0.3, 0.4) is 0 Å². The zero-order valence-electron chi connectivity index (χ0n) is 14.3. The van der Waals surface area contributed by atoms with Gasteiger partial charge in [0.15, 0.2) is 5.16 Å². The average Bonchev–Trinajstić information content (AvgIpc) is 3.39. The van der Waals surface area contributed by atoms with Crippen LogP contribution in [0.15, 0.2) is 42.1 Å². The second kappa shape index (κ2) is 7.69. The van der Waals surface area contributed by atoms with Crippen LogP contribution in [0.1, 0.15) is 31.5 Å². The van der Waals surface area contributed by atoms with Gasteiger partial charge in [-0.2, -0.15) is 0 Å². The Morgan fingerprint density at radius 1 is 1.50 bits per heavy atom. The van der Waals surface area contributed by atoms with Gasteiger partial charge in [-0.05, 0) is 25.8 Å². The first kappa shape index (κ1) is 18.1. The number of allylic oxidation sites excluding steroid dienone is 1. The molecule has 9 heteroatoms. The van der Waals surface area contributed by atoms with E-state index >= 15 is 0 Å². The quantitative estimate of drug-likeness (QED) is 0.329. The van der Waals surface area contributed by atoms with Crippen molar-refractivity contribution in [2.24, 2.45) is 0 Å². The monoisotopic (exact) mass is 373 g/mol. The molecule has 0 aliphatic heterocycles. The van der Waals surface area contributed by atoms with Crippen LogP contribution < -0.4 is 5.32 Å². The number of rotatable bonds is 8. The molecule has 136 valence electrons. The number of nitrogens with zero attached hydrogens (tertiary/aromatic N) is 4. The van der Waals surface area contributed by atoms with Crippen LogP contribution in [0.25, 0.3) is 0 Å². The fraction of sp³-hybridized carbons (Fsp3) is 0.353. The topological polar surface area (TPSA) is 103 Å². The number of aromatic nitrogens is 3. The van der Waals surface area contributed by atoms with Gasteiger partial charge in [-0.25, -0.2) is 0 Å². The SMILES string of the molecule is C=CCn1c(S[C@H](C)C(=O)Nc2ccccc2[N+](=O)[O-])nnc1C1CC1. The van der Waals surface area contributed by atoms with Crippen LogP contribution in [-0.4, -0.2) is 30.8 Å². The molecule has 0 bridgehead atoms. The molecule has 1 heterocycles. The predicted molar refractivity (Wildman–Crippen MR) is 99.2 cm³/mol. The van der Waals surface area contributed by atoms with E-state index in [4.69, 9.17) is 0 Å². The Labute approximate surface area is 154 Å². The molecule has 1 aromatic heterocycles. The number of hydrogen-bond acceptors (Lipinski definition) is 6. The van der Waals surface area contributed by atoms with E-state index < -0.39 is 10.2 Å². The van der Waals surface area contributed by atoms with Crippen LogP contribution >= 0.6 is 11.8 Å². The minimum atomic E-state index is -0.518. The Morgan fingerprint density at radius 2 is 2.23 bits per heavy atom. The standard InChI is InChI=1S/C17H19N5O3S/c1-3-10-21-15(12-8-9-12)19-20-17(21)26-11(2)16(23)18-13-6-4-5-7-14(13)22(24)25/h3-7,11-12H,1,8-10H2,2H3,(H,18,23)/t11-/m1/s1. The van der Waals surface area contributed by atoms with E-state index in [2.05, 4.69) is 22.1 Å². The van der Waals surface area contributed by atoms with Crippen molar-refractivity contribution in [2.45, 2.75) is 42.6 Å². The summed E-state index contributed by atoms with van der Waals surface area (Å²) in [7, 11) is 0.